The maximum atomic E-state index is 5.93. The number of rotatable bonds is 4. The van der Waals surface area contributed by atoms with Gasteiger partial charge in [-0.2, -0.15) is 0 Å². The number of hydrogen-bond donors (Lipinski definition) is 3. The van der Waals surface area contributed by atoms with Crippen molar-refractivity contribution in [3.05, 3.63) is 39.5 Å². The second kappa shape index (κ2) is 5.43. The van der Waals surface area contributed by atoms with Gasteiger partial charge >= 0.3 is 0 Å². The van der Waals surface area contributed by atoms with Crippen molar-refractivity contribution in [2.45, 2.75) is 26.3 Å². The van der Waals surface area contributed by atoms with Gasteiger partial charge in [-0.25, -0.2) is 9.97 Å². The van der Waals surface area contributed by atoms with E-state index in [1.165, 1.54) is 0 Å². The molecule has 0 aromatic carbocycles. The Morgan fingerprint density at radius 1 is 1.44 bits per heavy atom. The van der Waals surface area contributed by atoms with Crippen LogP contribution in [0, 0.1) is 13.8 Å². The molecule has 0 aliphatic carbocycles. The van der Waals surface area contributed by atoms with Crippen LogP contribution in [0.25, 0.3) is 0 Å². The molecule has 1 unspecified atom stereocenters. The summed E-state index contributed by atoms with van der Waals surface area (Å²) in [6.45, 7) is 3.99. The molecular weight excluding hydrogens is 246 g/mol. The minimum Gasteiger partial charge on any atom is -0.383 e. The van der Waals surface area contributed by atoms with Gasteiger partial charge in [0.15, 0.2) is 0 Å². The quantitative estimate of drug-likeness (QED) is 0.574. The number of thiazole rings is 1. The molecule has 18 heavy (non-hydrogen) atoms. The largest absolute Gasteiger partial charge is 0.383 e. The summed E-state index contributed by atoms with van der Waals surface area (Å²) in [5.74, 6) is 6.16. The predicted molar refractivity (Wildman–Crippen MR) is 74.0 cm³/mol. The van der Waals surface area contributed by atoms with Crippen molar-refractivity contribution in [1.29, 1.82) is 0 Å². The molecule has 0 saturated heterocycles. The molecular formula is C12H17N5S. The summed E-state index contributed by atoms with van der Waals surface area (Å²) in [5.41, 5.74) is 11.8. The summed E-state index contributed by atoms with van der Waals surface area (Å²) < 4.78 is 0. The highest BCUT2D eigenvalue weighted by Gasteiger charge is 2.17. The van der Waals surface area contributed by atoms with Crippen LogP contribution >= 0.6 is 11.3 Å². The zero-order valence-corrected chi connectivity index (χ0v) is 11.3. The predicted octanol–water partition coefficient (Wildman–Crippen LogP) is 1.48. The third kappa shape index (κ3) is 2.66. The molecule has 0 radical (unpaired) electrons. The summed E-state index contributed by atoms with van der Waals surface area (Å²) in [7, 11) is 0. The lowest BCUT2D eigenvalue weighted by atomic mass is 9.99. The first kappa shape index (κ1) is 12.9. The van der Waals surface area contributed by atoms with Gasteiger partial charge in [0.25, 0.3) is 0 Å². The van der Waals surface area contributed by atoms with Crippen molar-refractivity contribution >= 4 is 17.2 Å². The van der Waals surface area contributed by atoms with Crippen LogP contribution in [0.2, 0.25) is 0 Å². The molecule has 0 spiro atoms. The maximum Gasteiger partial charge on any atom is 0.128 e. The standard InChI is InChI=1S/C12H17N5S/c1-7-3-4-15-12(13)11(7)10(17-14)5-9-6-18-8(2)16-9/h3-4,6,10,17H,5,14H2,1-2H3,(H2,13,15). The number of pyridine rings is 1. The lowest BCUT2D eigenvalue weighted by Gasteiger charge is -2.18. The van der Waals surface area contributed by atoms with Crippen LogP contribution in [0.1, 0.15) is 27.9 Å². The van der Waals surface area contributed by atoms with Crippen molar-refractivity contribution in [1.82, 2.24) is 15.4 Å². The smallest absolute Gasteiger partial charge is 0.128 e. The van der Waals surface area contributed by atoms with Crippen LogP contribution in [-0.2, 0) is 6.42 Å². The Labute approximate surface area is 110 Å². The summed E-state index contributed by atoms with van der Waals surface area (Å²) in [6, 6.07) is 1.86. The number of nitrogen functional groups attached to an aromatic ring is 1. The molecule has 6 heteroatoms. The van der Waals surface area contributed by atoms with Crippen LogP contribution in [0.5, 0.6) is 0 Å². The Hall–Kier alpha value is -1.50. The van der Waals surface area contributed by atoms with Crippen molar-refractivity contribution in [2.75, 3.05) is 5.73 Å². The minimum atomic E-state index is -0.0693. The number of aryl methyl sites for hydroxylation is 2. The number of hydrogen-bond acceptors (Lipinski definition) is 6. The average Bonchev–Trinajstić information content (AvgIpc) is 2.73. The highest BCUT2D eigenvalue weighted by Crippen LogP contribution is 2.25. The van der Waals surface area contributed by atoms with E-state index in [4.69, 9.17) is 11.6 Å². The van der Waals surface area contributed by atoms with Gasteiger partial charge in [0, 0.05) is 23.6 Å². The molecule has 0 aliphatic rings. The Morgan fingerprint density at radius 3 is 2.78 bits per heavy atom. The second-order valence-electron chi connectivity index (χ2n) is 4.21. The highest BCUT2D eigenvalue weighted by atomic mass is 32.1. The number of anilines is 1. The van der Waals surface area contributed by atoms with Crippen LogP contribution in [0.4, 0.5) is 5.82 Å². The van der Waals surface area contributed by atoms with Crippen molar-refractivity contribution in [3.63, 3.8) is 0 Å². The number of hydrazine groups is 1. The van der Waals surface area contributed by atoms with Gasteiger partial charge in [-0.05, 0) is 25.5 Å². The Kier molecular flexibility index (Phi) is 3.90. The summed E-state index contributed by atoms with van der Waals surface area (Å²) in [6.07, 6.45) is 2.41. The van der Waals surface area contributed by atoms with Crippen LogP contribution in [-0.4, -0.2) is 9.97 Å². The van der Waals surface area contributed by atoms with Gasteiger partial charge in [-0.15, -0.1) is 11.3 Å². The molecule has 5 N–H and O–H groups in total. The Balaban J connectivity index is 2.28. The zero-order valence-electron chi connectivity index (χ0n) is 10.5. The van der Waals surface area contributed by atoms with Crippen molar-refractivity contribution in [3.8, 4) is 0 Å². The van der Waals surface area contributed by atoms with Gasteiger partial charge in [0.1, 0.15) is 5.82 Å². The molecule has 0 aliphatic heterocycles. The van der Waals surface area contributed by atoms with Gasteiger partial charge in [-0.1, -0.05) is 0 Å². The molecule has 2 rings (SSSR count). The second-order valence-corrected chi connectivity index (χ2v) is 5.27. The van der Waals surface area contributed by atoms with E-state index in [-0.39, 0.29) is 6.04 Å². The van der Waals surface area contributed by atoms with Gasteiger partial charge < -0.3 is 5.73 Å². The fourth-order valence-corrected chi connectivity index (χ4v) is 2.62. The molecule has 5 nitrogen and oxygen atoms in total. The number of nitrogens with one attached hydrogen (secondary N) is 1. The van der Waals surface area contributed by atoms with E-state index < -0.39 is 0 Å². The Morgan fingerprint density at radius 2 is 2.22 bits per heavy atom. The molecule has 2 heterocycles. The number of nitrogens with two attached hydrogens (primary N) is 2. The van der Waals surface area contributed by atoms with Gasteiger partial charge in [0.2, 0.25) is 0 Å². The highest BCUT2D eigenvalue weighted by molar-refractivity contribution is 7.09. The summed E-state index contributed by atoms with van der Waals surface area (Å²) in [4.78, 5) is 8.57. The van der Waals surface area contributed by atoms with E-state index in [0.29, 0.717) is 12.2 Å². The van der Waals surface area contributed by atoms with Crippen molar-refractivity contribution in [2.24, 2.45) is 5.84 Å². The number of aromatic nitrogens is 2. The molecule has 0 amide bonds. The molecule has 96 valence electrons. The molecule has 0 bridgehead atoms. The molecule has 0 fully saturated rings. The van der Waals surface area contributed by atoms with Gasteiger partial charge in [0.05, 0.1) is 16.7 Å². The van der Waals surface area contributed by atoms with Crippen molar-refractivity contribution < 1.29 is 0 Å². The van der Waals surface area contributed by atoms with E-state index in [2.05, 4.69) is 15.4 Å². The first-order valence-electron chi connectivity index (χ1n) is 5.70. The first-order chi connectivity index (χ1) is 8.61. The SMILES string of the molecule is Cc1nc(CC(NN)c2c(C)ccnc2N)cs1. The molecule has 0 saturated carbocycles. The first-order valence-corrected chi connectivity index (χ1v) is 6.58. The monoisotopic (exact) mass is 263 g/mol. The lowest BCUT2D eigenvalue weighted by molar-refractivity contribution is 0.544. The third-order valence-electron chi connectivity index (χ3n) is 2.87. The Bertz CT molecular complexity index is 517. The fraction of sp³-hybridized carbons (Fsp3) is 0.333. The fourth-order valence-electron chi connectivity index (χ4n) is 2.00. The van der Waals surface area contributed by atoms with E-state index in [0.717, 1.165) is 21.8 Å². The van der Waals surface area contributed by atoms with E-state index in [1.807, 2.05) is 25.3 Å². The van der Waals surface area contributed by atoms with Gasteiger partial charge in [-0.3, -0.25) is 11.3 Å². The lowest BCUT2D eigenvalue weighted by Crippen LogP contribution is -2.31. The normalized spacial score (nSPS) is 12.6. The molecule has 2 aromatic rings. The van der Waals surface area contributed by atoms with E-state index >= 15 is 0 Å². The van der Waals surface area contributed by atoms with E-state index in [1.54, 1.807) is 17.5 Å². The van der Waals surface area contributed by atoms with Crippen LogP contribution in [0.3, 0.4) is 0 Å². The number of nitrogens with zero attached hydrogens (tertiary/aromatic N) is 2. The minimum absolute atomic E-state index is 0.0693. The third-order valence-corrected chi connectivity index (χ3v) is 3.69. The van der Waals surface area contributed by atoms with E-state index in [9.17, 15) is 0 Å². The summed E-state index contributed by atoms with van der Waals surface area (Å²) >= 11 is 1.63. The zero-order chi connectivity index (χ0) is 13.1. The average molecular weight is 263 g/mol. The molecule has 2 aromatic heterocycles. The maximum absolute atomic E-state index is 5.93. The topological polar surface area (TPSA) is 89.8 Å². The van der Waals surface area contributed by atoms with Crippen LogP contribution in [0.15, 0.2) is 17.6 Å². The summed E-state index contributed by atoms with van der Waals surface area (Å²) in [5, 5.41) is 3.10. The van der Waals surface area contributed by atoms with Crippen LogP contribution < -0.4 is 17.0 Å². The molecule has 1 atom stereocenters.